The molecule has 5 nitrogen and oxygen atoms in total. The molecule has 0 radical (unpaired) electrons. The van der Waals surface area contributed by atoms with E-state index in [1.54, 1.807) is 12.1 Å². The number of para-hydroxylation sites is 1. The summed E-state index contributed by atoms with van der Waals surface area (Å²) in [6, 6.07) is 5.30. The van der Waals surface area contributed by atoms with Crippen molar-refractivity contribution < 1.29 is 4.92 Å². The first kappa shape index (κ1) is 11.9. The predicted octanol–water partition coefficient (Wildman–Crippen LogP) is 1.83. The summed E-state index contributed by atoms with van der Waals surface area (Å²) in [6.45, 7) is 3.45. The topological polar surface area (TPSA) is 72.4 Å². The summed E-state index contributed by atoms with van der Waals surface area (Å²) in [7, 11) is 0. The SMILES string of the molecule is Cc1cccc([N+](=O)[O-])c1N1CCC[C@@H](N)C1. The van der Waals surface area contributed by atoms with E-state index in [4.69, 9.17) is 5.73 Å². The number of nitro groups is 1. The molecule has 1 heterocycles. The number of nitrogens with zero attached hydrogens (tertiary/aromatic N) is 2. The molecule has 1 aliphatic rings. The van der Waals surface area contributed by atoms with Gasteiger partial charge in [0, 0.05) is 25.2 Å². The lowest BCUT2D eigenvalue weighted by atomic mass is 10.0. The molecular weight excluding hydrogens is 218 g/mol. The van der Waals surface area contributed by atoms with E-state index in [-0.39, 0.29) is 16.7 Å². The van der Waals surface area contributed by atoms with Crippen LogP contribution in [0.15, 0.2) is 18.2 Å². The summed E-state index contributed by atoms with van der Waals surface area (Å²) in [6.07, 6.45) is 1.99. The van der Waals surface area contributed by atoms with Crippen LogP contribution in [0.25, 0.3) is 0 Å². The average molecular weight is 235 g/mol. The van der Waals surface area contributed by atoms with Gasteiger partial charge in [0.1, 0.15) is 5.69 Å². The van der Waals surface area contributed by atoms with E-state index in [9.17, 15) is 10.1 Å². The van der Waals surface area contributed by atoms with Gasteiger partial charge in [-0.2, -0.15) is 0 Å². The van der Waals surface area contributed by atoms with E-state index < -0.39 is 0 Å². The monoisotopic (exact) mass is 235 g/mol. The van der Waals surface area contributed by atoms with Gasteiger partial charge in [-0.3, -0.25) is 10.1 Å². The molecule has 0 saturated carbocycles. The van der Waals surface area contributed by atoms with E-state index in [0.717, 1.165) is 30.6 Å². The maximum atomic E-state index is 11.0. The minimum Gasteiger partial charge on any atom is -0.364 e. The number of nitrogens with two attached hydrogens (primary N) is 1. The van der Waals surface area contributed by atoms with Gasteiger partial charge in [0.05, 0.1) is 4.92 Å². The maximum absolute atomic E-state index is 11.0. The molecule has 2 N–H and O–H groups in total. The highest BCUT2D eigenvalue weighted by Gasteiger charge is 2.25. The van der Waals surface area contributed by atoms with Crippen LogP contribution in [0.5, 0.6) is 0 Å². The van der Waals surface area contributed by atoms with Gasteiger partial charge in [-0.15, -0.1) is 0 Å². The highest BCUT2D eigenvalue weighted by Crippen LogP contribution is 2.33. The van der Waals surface area contributed by atoms with E-state index in [1.165, 1.54) is 0 Å². The molecule has 1 atom stereocenters. The number of nitro benzene ring substituents is 1. The normalized spacial score (nSPS) is 20.4. The molecule has 5 heteroatoms. The van der Waals surface area contributed by atoms with Crippen molar-refractivity contribution in [3.05, 3.63) is 33.9 Å². The van der Waals surface area contributed by atoms with Gasteiger partial charge in [-0.25, -0.2) is 0 Å². The quantitative estimate of drug-likeness (QED) is 0.627. The number of rotatable bonds is 2. The van der Waals surface area contributed by atoms with Crippen molar-refractivity contribution in [1.82, 2.24) is 0 Å². The van der Waals surface area contributed by atoms with Crippen molar-refractivity contribution in [3.63, 3.8) is 0 Å². The Morgan fingerprint density at radius 1 is 1.53 bits per heavy atom. The van der Waals surface area contributed by atoms with Gasteiger partial charge in [-0.1, -0.05) is 12.1 Å². The molecule has 0 amide bonds. The first-order valence-electron chi connectivity index (χ1n) is 5.84. The van der Waals surface area contributed by atoms with Crippen molar-refractivity contribution in [2.45, 2.75) is 25.8 Å². The molecule has 0 spiro atoms. The van der Waals surface area contributed by atoms with Crippen LogP contribution < -0.4 is 10.6 Å². The third-order valence-electron chi connectivity index (χ3n) is 3.19. The molecule has 2 rings (SSSR count). The zero-order valence-electron chi connectivity index (χ0n) is 9.93. The standard InChI is InChI=1S/C12H17N3O2/c1-9-4-2-6-11(15(16)17)12(9)14-7-3-5-10(13)8-14/h2,4,6,10H,3,5,7-8,13H2,1H3/t10-/m1/s1. The molecule has 0 bridgehead atoms. The summed E-state index contributed by atoms with van der Waals surface area (Å²) in [5, 5.41) is 11.0. The van der Waals surface area contributed by atoms with Crippen LogP contribution in [0, 0.1) is 17.0 Å². The van der Waals surface area contributed by atoms with Crippen LogP contribution in [0.4, 0.5) is 11.4 Å². The Balaban J connectivity index is 2.39. The summed E-state index contributed by atoms with van der Waals surface area (Å²) in [5.74, 6) is 0. The maximum Gasteiger partial charge on any atom is 0.292 e. The minimum absolute atomic E-state index is 0.114. The van der Waals surface area contributed by atoms with Crippen LogP contribution in [0.1, 0.15) is 18.4 Å². The number of aryl methyl sites for hydroxylation is 1. The average Bonchev–Trinajstić information content (AvgIpc) is 2.28. The molecule has 1 aromatic carbocycles. The molecule has 1 fully saturated rings. The third kappa shape index (κ3) is 2.39. The second-order valence-electron chi connectivity index (χ2n) is 4.55. The number of piperidine rings is 1. The zero-order valence-corrected chi connectivity index (χ0v) is 9.93. The molecular formula is C12H17N3O2. The lowest BCUT2D eigenvalue weighted by molar-refractivity contribution is -0.384. The summed E-state index contributed by atoms with van der Waals surface area (Å²) in [5.41, 5.74) is 7.77. The summed E-state index contributed by atoms with van der Waals surface area (Å²) in [4.78, 5) is 12.8. The van der Waals surface area contributed by atoms with Gasteiger partial charge in [0.25, 0.3) is 5.69 Å². The van der Waals surface area contributed by atoms with Gasteiger partial charge in [0.15, 0.2) is 0 Å². The molecule has 92 valence electrons. The highest BCUT2D eigenvalue weighted by molar-refractivity contribution is 5.67. The predicted molar refractivity (Wildman–Crippen MR) is 67.3 cm³/mol. The molecule has 17 heavy (non-hydrogen) atoms. The molecule has 0 unspecified atom stereocenters. The van der Waals surface area contributed by atoms with Gasteiger partial charge in [-0.05, 0) is 25.3 Å². The molecule has 1 aromatic rings. The van der Waals surface area contributed by atoms with E-state index >= 15 is 0 Å². The van der Waals surface area contributed by atoms with Gasteiger partial charge < -0.3 is 10.6 Å². The summed E-state index contributed by atoms with van der Waals surface area (Å²) >= 11 is 0. The Morgan fingerprint density at radius 2 is 2.29 bits per heavy atom. The molecule has 1 aliphatic heterocycles. The third-order valence-corrected chi connectivity index (χ3v) is 3.19. The van der Waals surface area contributed by atoms with Crippen LogP contribution in [0.2, 0.25) is 0 Å². The van der Waals surface area contributed by atoms with Gasteiger partial charge in [0.2, 0.25) is 0 Å². The Bertz CT molecular complexity index is 434. The highest BCUT2D eigenvalue weighted by atomic mass is 16.6. The second-order valence-corrected chi connectivity index (χ2v) is 4.55. The van der Waals surface area contributed by atoms with E-state index in [2.05, 4.69) is 0 Å². The largest absolute Gasteiger partial charge is 0.364 e. The summed E-state index contributed by atoms with van der Waals surface area (Å²) < 4.78 is 0. The Hall–Kier alpha value is -1.62. The van der Waals surface area contributed by atoms with Crippen molar-refractivity contribution in [3.8, 4) is 0 Å². The zero-order chi connectivity index (χ0) is 12.4. The van der Waals surface area contributed by atoms with Gasteiger partial charge >= 0.3 is 0 Å². The lowest BCUT2D eigenvalue weighted by Crippen LogP contribution is -2.43. The number of hydrogen-bond acceptors (Lipinski definition) is 4. The molecule has 1 saturated heterocycles. The van der Waals surface area contributed by atoms with Crippen molar-refractivity contribution in [2.75, 3.05) is 18.0 Å². The first-order chi connectivity index (χ1) is 8.09. The number of benzene rings is 1. The Morgan fingerprint density at radius 3 is 2.94 bits per heavy atom. The number of anilines is 1. The first-order valence-corrected chi connectivity index (χ1v) is 5.84. The number of hydrogen-bond donors (Lipinski definition) is 1. The fourth-order valence-corrected chi connectivity index (χ4v) is 2.42. The Kier molecular flexibility index (Phi) is 3.28. The smallest absolute Gasteiger partial charge is 0.292 e. The van der Waals surface area contributed by atoms with Crippen LogP contribution in [-0.4, -0.2) is 24.1 Å². The van der Waals surface area contributed by atoms with E-state index in [0.29, 0.717) is 6.54 Å². The minimum atomic E-state index is -0.317. The van der Waals surface area contributed by atoms with Crippen LogP contribution >= 0.6 is 0 Å². The molecule has 0 aliphatic carbocycles. The Labute approximate surface area is 100 Å². The van der Waals surface area contributed by atoms with Crippen LogP contribution in [-0.2, 0) is 0 Å². The van der Waals surface area contributed by atoms with Crippen molar-refractivity contribution in [2.24, 2.45) is 5.73 Å². The van der Waals surface area contributed by atoms with Crippen LogP contribution in [0.3, 0.4) is 0 Å². The van der Waals surface area contributed by atoms with E-state index in [1.807, 2.05) is 17.9 Å². The fourth-order valence-electron chi connectivity index (χ4n) is 2.42. The molecule has 0 aromatic heterocycles. The second kappa shape index (κ2) is 4.71. The van der Waals surface area contributed by atoms with Crippen molar-refractivity contribution in [1.29, 1.82) is 0 Å². The fraction of sp³-hybridized carbons (Fsp3) is 0.500. The van der Waals surface area contributed by atoms with Crippen molar-refractivity contribution >= 4 is 11.4 Å². The lowest BCUT2D eigenvalue weighted by Gasteiger charge is -2.33.